The second kappa shape index (κ2) is 8.33. The molecule has 1 saturated heterocycles. The Kier molecular flexibility index (Phi) is 5.67. The number of fused-ring (bicyclic) bond motifs is 1. The summed E-state index contributed by atoms with van der Waals surface area (Å²) in [6.45, 7) is 0.607. The molecule has 1 N–H and O–H groups in total. The van der Waals surface area contributed by atoms with Crippen LogP contribution in [0.15, 0.2) is 0 Å². The van der Waals surface area contributed by atoms with E-state index in [9.17, 15) is 36.4 Å². The van der Waals surface area contributed by atoms with Gasteiger partial charge in [-0.1, -0.05) is 0 Å². The molecule has 38 heavy (non-hydrogen) atoms. The number of hydrogen-bond acceptors (Lipinski definition) is 10. The quantitative estimate of drug-likeness (QED) is 0.272. The van der Waals surface area contributed by atoms with E-state index in [1.165, 1.54) is 6.42 Å². The highest BCUT2D eigenvalue weighted by Gasteiger charge is 2.71. The highest BCUT2D eigenvalue weighted by molar-refractivity contribution is 7.87. The monoisotopic (exact) mass is 562 g/mol. The molecule has 11 nitrogen and oxygen atoms in total. The number of halogens is 2. The van der Waals surface area contributed by atoms with E-state index in [4.69, 9.17) is 18.8 Å². The third-order valence-corrected chi connectivity index (χ3v) is 10.9. The van der Waals surface area contributed by atoms with Gasteiger partial charge in [0, 0.05) is 11.8 Å². The largest absolute Gasteiger partial charge is 0.465 e. The smallest absolute Gasteiger partial charge is 0.459 e. The Bertz CT molecular complexity index is 1170. The minimum atomic E-state index is -6.10. The van der Waals surface area contributed by atoms with Crippen molar-refractivity contribution in [3.05, 3.63) is 0 Å². The average molecular weight is 563 g/mol. The molecule has 210 valence electrons. The Morgan fingerprint density at radius 2 is 1.66 bits per heavy atom. The van der Waals surface area contributed by atoms with Crippen LogP contribution in [0, 0.1) is 47.3 Å². The highest BCUT2D eigenvalue weighted by atomic mass is 32.2. The number of carbonyl (C=O) groups excluding carboxylic acids is 4. The summed E-state index contributed by atoms with van der Waals surface area (Å²) in [6, 6.07) is 0. The van der Waals surface area contributed by atoms with Crippen molar-refractivity contribution < 1.29 is 59.9 Å². The van der Waals surface area contributed by atoms with Crippen molar-refractivity contribution in [2.75, 3.05) is 6.61 Å². The number of esters is 4. The normalized spacial score (nSPS) is 44.2. The van der Waals surface area contributed by atoms with Gasteiger partial charge in [0.15, 0.2) is 6.61 Å². The summed E-state index contributed by atoms with van der Waals surface area (Å²) in [5.74, 6) is -5.86. The van der Waals surface area contributed by atoms with E-state index >= 15 is 0 Å². The van der Waals surface area contributed by atoms with Crippen molar-refractivity contribution in [2.45, 2.75) is 68.5 Å². The van der Waals surface area contributed by atoms with Crippen molar-refractivity contribution in [3.8, 4) is 0 Å². The lowest BCUT2D eigenvalue weighted by Gasteiger charge is -2.59. The molecule has 6 aliphatic carbocycles. The number of carbonyl (C=O) groups is 4. The van der Waals surface area contributed by atoms with Crippen molar-refractivity contribution in [3.63, 3.8) is 0 Å². The molecule has 6 saturated carbocycles. The average Bonchev–Trinajstić information content (AvgIpc) is 3.44. The summed E-state index contributed by atoms with van der Waals surface area (Å²) in [5, 5.41) is -5.27. The molecule has 7 fully saturated rings. The zero-order valence-electron chi connectivity index (χ0n) is 20.4. The van der Waals surface area contributed by atoms with Gasteiger partial charge in [-0.3, -0.25) is 14.1 Å². The molecule has 0 spiro atoms. The number of ether oxygens (including phenoxy) is 4. The molecular formula is C24H28F2O11S. The fourth-order valence-corrected chi connectivity index (χ4v) is 8.81. The lowest BCUT2D eigenvalue weighted by atomic mass is 9.50. The Hall–Kier alpha value is -2.35. The van der Waals surface area contributed by atoms with Gasteiger partial charge in [-0.25, -0.2) is 9.59 Å². The predicted molar refractivity (Wildman–Crippen MR) is 117 cm³/mol. The van der Waals surface area contributed by atoms with E-state index in [0.717, 1.165) is 25.7 Å². The zero-order valence-corrected chi connectivity index (χ0v) is 21.2. The van der Waals surface area contributed by atoms with E-state index in [-0.39, 0.29) is 17.8 Å². The Morgan fingerprint density at radius 3 is 2.24 bits per heavy atom. The first-order chi connectivity index (χ1) is 17.7. The molecular weight excluding hydrogens is 534 g/mol. The number of rotatable bonds is 7. The molecule has 0 aromatic heterocycles. The Morgan fingerprint density at radius 1 is 1.05 bits per heavy atom. The van der Waals surface area contributed by atoms with Gasteiger partial charge < -0.3 is 18.9 Å². The van der Waals surface area contributed by atoms with Gasteiger partial charge in [-0.15, -0.1) is 0 Å². The van der Waals surface area contributed by atoms with E-state index in [1.54, 1.807) is 0 Å². The highest BCUT2D eigenvalue weighted by Crippen LogP contribution is 2.62. The fraction of sp³-hybridized carbons (Fsp3) is 0.833. The summed E-state index contributed by atoms with van der Waals surface area (Å²) in [7, 11) is -6.10. The maximum Gasteiger partial charge on any atom is 0.465 e. The van der Waals surface area contributed by atoms with Crippen LogP contribution in [-0.2, 0) is 48.2 Å². The zero-order chi connectivity index (χ0) is 27.4. The third kappa shape index (κ3) is 3.69. The standard InChI is InChI=1S/C24H28F2O11S/c1-23(11-3-9-2-10(5-11)6-12(23)4-9)37-21(29)17-14-7-13-16(17)20(28)36-19(13)18(14)35-15(27)8-34-22(30)24(25,26)38(31,32)33/h9-14,16-19H,2-8H2,1H3,(H,31,32,33). The van der Waals surface area contributed by atoms with Crippen molar-refractivity contribution in [1.82, 2.24) is 0 Å². The molecule has 14 heteroatoms. The number of alkyl halides is 2. The van der Waals surface area contributed by atoms with Crippen LogP contribution in [0.2, 0.25) is 0 Å². The molecule has 7 aliphatic rings. The lowest BCUT2D eigenvalue weighted by Crippen LogP contribution is -2.59. The van der Waals surface area contributed by atoms with Gasteiger partial charge in [0.1, 0.15) is 17.8 Å². The molecule has 0 aromatic rings. The molecule has 7 rings (SSSR count). The molecule has 6 unspecified atom stereocenters. The molecule has 1 heterocycles. The van der Waals surface area contributed by atoms with Gasteiger partial charge >= 0.3 is 39.2 Å². The summed E-state index contributed by atoms with van der Waals surface area (Å²) in [5.41, 5.74) is -0.632. The van der Waals surface area contributed by atoms with Crippen molar-refractivity contribution in [1.29, 1.82) is 0 Å². The van der Waals surface area contributed by atoms with Gasteiger partial charge in [0.25, 0.3) is 0 Å². The van der Waals surface area contributed by atoms with Crippen LogP contribution in [0.5, 0.6) is 0 Å². The first-order valence-corrected chi connectivity index (χ1v) is 14.3. The van der Waals surface area contributed by atoms with E-state index in [1.807, 2.05) is 6.92 Å². The van der Waals surface area contributed by atoms with Gasteiger partial charge in [0.05, 0.1) is 11.8 Å². The SMILES string of the molecule is CC1(OC(=O)C2C3CC4C(OC(=O)C42)C3OC(=O)COC(=O)C(F)(F)S(=O)(=O)O)C2CC3CC(C2)CC1C3. The predicted octanol–water partition coefficient (Wildman–Crippen LogP) is 1.49. The maximum absolute atomic E-state index is 13.6. The van der Waals surface area contributed by atoms with E-state index in [0.29, 0.717) is 18.3 Å². The summed E-state index contributed by atoms with van der Waals surface area (Å²) in [6.07, 6.45) is 3.71. The fourth-order valence-electron chi connectivity index (χ4n) is 8.54. The second-order valence-corrected chi connectivity index (χ2v) is 13.4. The summed E-state index contributed by atoms with van der Waals surface area (Å²) in [4.78, 5) is 50.0. The molecule has 0 amide bonds. The van der Waals surface area contributed by atoms with Crippen LogP contribution in [0.1, 0.15) is 45.4 Å². The number of hydrogen-bond donors (Lipinski definition) is 1. The molecule has 0 aromatic carbocycles. The minimum Gasteiger partial charge on any atom is -0.459 e. The molecule has 6 bridgehead atoms. The van der Waals surface area contributed by atoms with Gasteiger partial charge in [0.2, 0.25) is 0 Å². The molecule has 6 atom stereocenters. The first-order valence-electron chi connectivity index (χ1n) is 12.9. The van der Waals surface area contributed by atoms with Crippen LogP contribution in [0.4, 0.5) is 8.78 Å². The second-order valence-electron chi connectivity index (χ2n) is 11.9. The van der Waals surface area contributed by atoms with Gasteiger partial charge in [-0.05, 0) is 69.1 Å². The van der Waals surface area contributed by atoms with Crippen LogP contribution < -0.4 is 0 Å². The van der Waals surface area contributed by atoms with Crippen LogP contribution >= 0.6 is 0 Å². The third-order valence-electron chi connectivity index (χ3n) is 10.0. The Balaban J connectivity index is 1.14. The molecule has 0 radical (unpaired) electrons. The van der Waals surface area contributed by atoms with Crippen molar-refractivity contribution >= 4 is 34.0 Å². The summed E-state index contributed by atoms with van der Waals surface area (Å²) < 4.78 is 77.5. The Labute approximate surface area is 216 Å². The molecule has 1 aliphatic heterocycles. The van der Waals surface area contributed by atoms with Crippen molar-refractivity contribution in [2.24, 2.45) is 47.3 Å². The first kappa shape index (κ1) is 25.9. The lowest BCUT2D eigenvalue weighted by molar-refractivity contribution is -0.211. The van der Waals surface area contributed by atoms with Crippen LogP contribution in [0.3, 0.4) is 0 Å². The van der Waals surface area contributed by atoms with Gasteiger partial charge in [-0.2, -0.15) is 17.2 Å². The van der Waals surface area contributed by atoms with Crippen LogP contribution in [0.25, 0.3) is 0 Å². The van der Waals surface area contributed by atoms with E-state index < -0.39 is 81.4 Å². The summed E-state index contributed by atoms with van der Waals surface area (Å²) >= 11 is 0. The maximum atomic E-state index is 13.6. The van der Waals surface area contributed by atoms with Crippen LogP contribution in [-0.4, -0.2) is 66.5 Å². The minimum absolute atomic E-state index is 0.258. The van der Waals surface area contributed by atoms with E-state index in [2.05, 4.69) is 4.74 Å². The topological polar surface area (TPSA) is 160 Å².